The van der Waals surface area contributed by atoms with E-state index in [1.807, 2.05) is 0 Å². The summed E-state index contributed by atoms with van der Waals surface area (Å²) in [6.07, 6.45) is 5.48. The van der Waals surface area contributed by atoms with Crippen molar-refractivity contribution < 1.29 is 0 Å². The summed E-state index contributed by atoms with van der Waals surface area (Å²) in [4.78, 5) is 1.27. The molecule has 22 heavy (non-hydrogen) atoms. The highest BCUT2D eigenvalue weighted by molar-refractivity contribution is 7.80. The zero-order valence-electron chi connectivity index (χ0n) is 12.4. The number of rotatable bonds is 3. The lowest BCUT2D eigenvalue weighted by atomic mass is 9.95. The minimum atomic E-state index is 0.577. The largest absolute Gasteiger partial charge is 0.359 e. The van der Waals surface area contributed by atoms with Gasteiger partial charge in [-0.25, -0.2) is 0 Å². The predicted molar refractivity (Wildman–Crippen MR) is 98.3 cm³/mol. The van der Waals surface area contributed by atoms with E-state index < -0.39 is 0 Å². The average molecular weight is 329 g/mol. The number of para-hydroxylation sites is 1. The van der Waals surface area contributed by atoms with E-state index in [-0.39, 0.29) is 0 Å². The zero-order chi connectivity index (χ0) is 14.9. The number of fused-ring (bicyclic) bond motifs is 2. The van der Waals surface area contributed by atoms with Gasteiger partial charge >= 0.3 is 0 Å². The van der Waals surface area contributed by atoms with Gasteiger partial charge in [-0.3, -0.25) is 0 Å². The highest BCUT2D eigenvalue weighted by atomic mass is 32.1. The van der Waals surface area contributed by atoms with Gasteiger partial charge in [-0.05, 0) is 60.8 Å². The molecule has 0 radical (unpaired) electrons. The van der Waals surface area contributed by atoms with Gasteiger partial charge in [0.2, 0.25) is 0 Å². The third-order valence-electron chi connectivity index (χ3n) is 5.02. The van der Waals surface area contributed by atoms with Gasteiger partial charge in [0.15, 0.2) is 5.11 Å². The summed E-state index contributed by atoms with van der Waals surface area (Å²) in [7, 11) is 0. The lowest BCUT2D eigenvalue weighted by molar-refractivity contribution is 0.392. The van der Waals surface area contributed by atoms with Gasteiger partial charge in [-0.2, -0.15) is 0 Å². The Bertz CT molecular complexity index is 665. The second-order valence-electron chi connectivity index (χ2n) is 6.40. The fraction of sp³-hybridized carbons (Fsp3) is 0.389. The third kappa shape index (κ3) is 2.77. The molecule has 2 aliphatic rings. The van der Waals surface area contributed by atoms with Crippen LogP contribution in [0.25, 0.3) is 10.4 Å². The Morgan fingerprint density at radius 1 is 1.09 bits per heavy atom. The van der Waals surface area contributed by atoms with Crippen molar-refractivity contribution in [1.82, 2.24) is 5.32 Å². The van der Waals surface area contributed by atoms with Crippen molar-refractivity contribution >= 4 is 34.4 Å². The molecule has 2 fully saturated rings. The maximum atomic E-state index is 5.56. The molecule has 0 spiro atoms. The zero-order valence-corrected chi connectivity index (χ0v) is 14.1. The molecule has 0 amide bonds. The van der Waals surface area contributed by atoms with E-state index in [0.717, 1.165) is 22.6 Å². The van der Waals surface area contributed by atoms with Crippen LogP contribution < -0.4 is 10.6 Å². The molecule has 2 bridgehead atoms. The fourth-order valence-electron chi connectivity index (χ4n) is 3.99. The van der Waals surface area contributed by atoms with Crippen molar-refractivity contribution in [1.29, 1.82) is 0 Å². The number of hydrogen-bond acceptors (Lipinski definition) is 2. The number of benzene rings is 1. The topological polar surface area (TPSA) is 24.1 Å². The predicted octanol–water partition coefficient (Wildman–Crippen LogP) is 4.89. The standard InChI is InChI=1S/C18H20N2S2/c21-18(20-16-11-12-7-8-13(16)10-12)19-15-5-2-1-4-14(15)17-6-3-9-22-17/h1-6,9,12-13,16H,7-8,10-11H2,(H2,19,20,21)/t12-,13-,16-/m0/s1. The van der Waals surface area contributed by atoms with Crippen molar-refractivity contribution in [2.45, 2.75) is 31.7 Å². The van der Waals surface area contributed by atoms with Gasteiger partial charge in [-0.15, -0.1) is 11.3 Å². The second-order valence-corrected chi connectivity index (χ2v) is 7.76. The molecule has 0 saturated heterocycles. The molecular formula is C18H20N2S2. The summed E-state index contributed by atoms with van der Waals surface area (Å²) >= 11 is 7.31. The van der Waals surface area contributed by atoms with Crippen LogP contribution in [0.1, 0.15) is 25.7 Å². The van der Waals surface area contributed by atoms with Gasteiger partial charge in [0.1, 0.15) is 0 Å². The number of hydrogen-bond donors (Lipinski definition) is 2. The number of thiocarbonyl (C=S) groups is 1. The molecular weight excluding hydrogens is 308 g/mol. The fourth-order valence-corrected chi connectivity index (χ4v) is 5.01. The number of nitrogens with one attached hydrogen (secondary N) is 2. The van der Waals surface area contributed by atoms with Gasteiger partial charge < -0.3 is 10.6 Å². The molecule has 2 N–H and O–H groups in total. The number of thiophene rings is 1. The molecule has 1 aromatic carbocycles. The molecule has 3 atom stereocenters. The maximum absolute atomic E-state index is 5.56. The summed E-state index contributed by atoms with van der Waals surface area (Å²) in [6, 6.07) is 13.2. The van der Waals surface area contributed by atoms with Crippen LogP contribution in [0.5, 0.6) is 0 Å². The van der Waals surface area contributed by atoms with Crippen LogP contribution in [0.15, 0.2) is 41.8 Å². The van der Waals surface area contributed by atoms with Crippen LogP contribution in [0.3, 0.4) is 0 Å². The molecule has 4 rings (SSSR count). The van der Waals surface area contributed by atoms with Crippen LogP contribution >= 0.6 is 23.6 Å². The summed E-state index contributed by atoms with van der Waals surface area (Å²) in [5.74, 6) is 1.76. The summed E-state index contributed by atoms with van der Waals surface area (Å²) in [5.41, 5.74) is 2.31. The monoisotopic (exact) mass is 328 g/mol. The Balaban J connectivity index is 1.46. The normalized spacial score (nSPS) is 26.1. The Morgan fingerprint density at radius 2 is 2.00 bits per heavy atom. The van der Waals surface area contributed by atoms with E-state index in [2.05, 4.69) is 52.4 Å². The van der Waals surface area contributed by atoms with Crippen LogP contribution in [0.4, 0.5) is 5.69 Å². The molecule has 4 heteroatoms. The van der Waals surface area contributed by atoms with E-state index in [9.17, 15) is 0 Å². The van der Waals surface area contributed by atoms with Crippen molar-refractivity contribution in [3.63, 3.8) is 0 Å². The Morgan fingerprint density at radius 3 is 2.73 bits per heavy atom. The Kier molecular flexibility index (Phi) is 3.89. The third-order valence-corrected chi connectivity index (χ3v) is 6.14. The highest BCUT2D eigenvalue weighted by Gasteiger charge is 2.39. The van der Waals surface area contributed by atoms with Gasteiger partial charge in [-0.1, -0.05) is 30.7 Å². The Labute approximate surface area is 140 Å². The first-order valence-electron chi connectivity index (χ1n) is 8.00. The van der Waals surface area contributed by atoms with Crippen molar-refractivity contribution in [3.05, 3.63) is 41.8 Å². The first-order valence-corrected chi connectivity index (χ1v) is 9.29. The quantitative estimate of drug-likeness (QED) is 0.785. The summed E-state index contributed by atoms with van der Waals surface area (Å²) in [6.45, 7) is 0. The SMILES string of the molecule is S=C(Nc1ccccc1-c1cccs1)N[C@H]1C[C@H]2CC[C@H]1C2. The lowest BCUT2D eigenvalue weighted by Crippen LogP contribution is -2.40. The molecule has 0 unspecified atom stereocenters. The van der Waals surface area contributed by atoms with Crippen LogP contribution in [0.2, 0.25) is 0 Å². The molecule has 1 aromatic heterocycles. The van der Waals surface area contributed by atoms with E-state index in [1.165, 1.54) is 36.1 Å². The minimum absolute atomic E-state index is 0.577. The molecule has 2 saturated carbocycles. The molecule has 2 nitrogen and oxygen atoms in total. The van der Waals surface area contributed by atoms with E-state index in [4.69, 9.17) is 12.2 Å². The van der Waals surface area contributed by atoms with E-state index >= 15 is 0 Å². The lowest BCUT2D eigenvalue weighted by Gasteiger charge is -2.25. The first-order chi connectivity index (χ1) is 10.8. The van der Waals surface area contributed by atoms with Crippen LogP contribution in [0, 0.1) is 11.8 Å². The van der Waals surface area contributed by atoms with Crippen molar-refractivity contribution in [3.8, 4) is 10.4 Å². The van der Waals surface area contributed by atoms with Gasteiger partial charge in [0.05, 0.1) is 0 Å². The summed E-state index contributed by atoms with van der Waals surface area (Å²) < 4.78 is 0. The van der Waals surface area contributed by atoms with Gasteiger partial charge in [0.25, 0.3) is 0 Å². The first kappa shape index (κ1) is 14.2. The molecule has 1 heterocycles. The second kappa shape index (κ2) is 6.01. The summed E-state index contributed by atoms with van der Waals surface area (Å²) in [5, 5.41) is 9.84. The average Bonchev–Trinajstić information content (AvgIpc) is 3.25. The van der Waals surface area contributed by atoms with Crippen molar-refractivity contribution in [2.75, 3.05) is 5.32 Å². The van der Waals surface area contributed by atoms with Crippen LogP contribution in [-0.2, 0) is 0 Å². The minimum Gasteiger partial charge on any atom is -0.359 e. The van der Waals surface area contributed by atoms with Gasteiger partial charge in [0, 0.05) is 22.2 Å². The van der Waals surface area contributed by atoms with Crippen LogP contribution in [-0.4, -0.2) is 11.2 Å². The Hall–Kier alpha value is -1.39. The van der Waals surface area contributed by atoms with E-state index in [0.29, 0.717) is 6.04 Å². The molecule has 2 aliphatic carbocycles. The molecule has 2 aromatic rings. The molecule has 0 aliphatic heterocycles. The van der Waals surface area contributed by atoms with E-state index in [1.54, 1.807) is 11.3 Å². The maximum Gasteiger partial charge on any atom is 0.171 e. The number of anilines is 1. The smallest absolute Gasteiger partial charge is 0.171 e. The highest BCUT2D eigenvalue weighted by Crippen LogP contribution is 2.44. The van der Waals surface area contributed by atoms with Crippen molar-refractivity contribution in [2.24, 2.45) is 11.8 Å². The molecule has 114 valence electrons.